The van der Waals surface area contributed by atoms with E-state index in [2.05, 4.69) is 10.0 Å². The van der Waals surface area contributed by atoms with Gasteiger partial charge in [-0.2, -0.15) is 0 Å². The van der Waals surface area contributed by atoms with E-state index in [1.165, 1.54) is 5.56 Å². The van der Waals surface area contributed by atoms with Crippen LogP contribution in [0.3, 0.4) is 0 Å². The second kappa shape index (κ2) is 6.54. The summed E-state index contributed by atoms with van der Waals surface area (Å²) >= 11 is 0. The molecule has 0 aliphatic rings. The molecule has 0 heterocycles. The van der Waals surface area contributed by atoms with Crippen LogP contribution in [0, 0.1) is 0 Å². The van der Waals surface area contributed by atoms with Gasteiger partial charge in [0.25, 0.3) is 0 Å². The van der Waals surface area contributed by atoms with Crippen molar-refractivity contribution < 1.29 is 8.42 Å². The Morgan fingerprint density at radius 1 is 0.950 bits per heavy atom. The zero-order valence-corrected chi connectivity index (χ0v) is 12.2. The molecule has 0 spiro atoms. The first-order valence-electron chi connectivity index (χ1n) is 6.49. The Morgan fingerprint density at radius 3 is 2.20 bits per heavy atom. The fourth-order valence-electron chi connectivity index (χ4n) is 1.83. The fourth-order valence-corrected chi connectivity index (χ4v) is 2.87. The Balaban J connectivity index is 2.02. The molecule has 20 heavy (non-hydrogen) atoms. The van der Waals surface area contributed by atoms with Crippen LogP contribution >= 0.6 is 0 Å². The standard InChI is InChI=1S/C15H18N2O2S/c1-2-17-20(18,19)15-10-8-14(9-11-15)16-12-13-6-4-3-5-7-13/h3-11,16-17H,2,12H2,1H3. The lowest BCUT2D eigenvalue weighted by molar-refractivity contribution is 0.584. The molecule has 0 bridgehead atoms. The van der Waals surface area contributed by atoms with Crippen LogP contribution < -0.4 is 10.0 Å². The lowest BCUT2D eigenvalue weighted by atomic mass is 10.2. The first-order chi connectivity index (χ1) is 9.62. The molecule has 2 aromatic carbocycles. The predicted octanol–water partition coefficient (Wildman–Crippen LogP) is 2.60. The molecule has 0 aliphatic carbocycles. The lowest BCUT2D eigenvalue weighted by Gasteiger charge is -2.08. The molecule has 0 radical (unpaired) electrons. The summed E-state index contributed by atoms with van der Waals surface area (Å²) < 4.78 is 26.0. The van der Waals surface area contributed by atoms with Crippen molar-refractivity contribution in [2.24, 2.45) is 0 Å². The summed E-state index contributed by atoms with van der Waals surface area (Å²) in [6.07, 6.45) is 0. The van der Waals surface area contributed by atoms with Gasteiger partial charge in [0.1, 0.15) is 0 Å². The molecule has 2 rings (SSSR count). The van der Waals surface area contributed by atoms with Crippen molar-refractivity contribution in [1.29, 1.82) is 0 Å². The molecular formula is C15H18N2O2S. The second-order valence-electron chi connectivity index (χ2n) is 4.36. The number of benzene rings is 2. The van der Waals surface area contributed by atoms with Crippen molar-refractivity contribution >= 4 is 15.7 Å². The summed E-state index contributed by atoms with van der Waals surface area (Å²) in [5, 5.41) is 3.26. The molecule has 0 amide bonds. The summed E-state index contributed by atoms with van der Waals surface area (Å²) in [5.41, 5.74) is 2.07. The monoisotopic (exact) mass is 290 g/mol. The van der Waals surface area contributed by atoms with Gasteiger partial charge >= 0.3 is 0 Å². The van der Waals surface area contributed by atoms with Gasteiger partial charge in [0.15, 0.2) is 0 Å². The van der Waals surface area contributed by atoms with Crippen LogP contribution in [0.25, 0.3) is 0 Å². The highest BCUT2D eigenvalue weighted by Gasteiger charge is 2.11. The molecule has 2 N–H and O–H groups in total. The van der Waals surface area contributed by atoms with Gasteiger partial charge in [0, 0.05) is 18.8 Å². The first-order valence-corrected chi connectivity index (χ1v) is 7.97. The number of anilines is 1. The number of hydrogen-bond acceptors (Lipinski definition) is 3. The quantitative estimate of drug-likeness (QED) is 0.859. The van der Waals surface area contributed by atoms with Crippen LogP contribution in [-0.2, 0) is 16.6 Å². The highest BCUT2D eigenvalue weighted by Crippen LogP contribution is 2.14. The first kappa shape index (κ1) is 14.6. The maximum Gasteiger partial charge on any atom is 0.240 e. The lowest BCUT2D eigenvalue weighted by Crippen LogP contribution is -2.23. The van der Waals surface area contributed by atoms with Crippen LogP contribution in [0.2, 0.25) is 0 Å². The van der Waals surface area contributed by atoms with Crippen molar-refractivity contribution in [3.8, 4) is 0 Å². The van der Waals surface area contributed by atoms with Crippen LogP contribution in [-0.4, -0.2) is 15.0 Å². The van der Waals surface area contributed by atoms with Gasteiger partial charge in [-0.3, -0.25) is 0 Å². The van der Waals surface area contributed by atoms with Crippen molar-refractivity contribution in [1.82, 2.24) is 4.72 Å². The van der Waals surface area contributed by atoms with Crippen LogP contribution in [0.1, 0.15) is 12.5 Å². The maximum absolute atomic E-state index is 11.8. The summed E-state index contributed by atoms with van der Waals surface area (Å²) in [4.78, 5) is 0.282. The molecule has 4 nitrogen and oxygen atoms in total. The van der Waals surface area contributed by atoms with E-state index in [9.17, 15) is 8.42 Å². The number of hydrogen-bond donors (Lipinski definition) is 2. The third kappa shape index (κ3) is 3.82. The fraction of sp³-hybridized carbons (Fsp3) is 0.200. The normalized spacial score (nSPS) is 11.2. The Bertz CT molecular complexity index is 637. The average Bonchev–Trinajstić information content (AvgIpc) is 2.47. The predicted molar refractivity (Wildman–Crippen MR) is 81.1 cm³/mol. The minimum atomic E-state index is -3.37. The Labute approximate surface area is 119 Å². The third-order valence-corrected chi connectivity index (χ3v) is 4.40. The van der Waals surface area contributed by atoms with E-state index in [4.69, 9.17) is 0 Å². The van der Waals surface area contributed by atoms with Crippen LogP contribution in [0.5, 0.6) is 0 Å². The molecule has 0 aromatic heterocycles. The molecule has 0 aliphatic heterocycles. The number of nitrogens with one attached hydrogen (secondary N) is 2. The third-order valence-electron chi connectivity index (χ3n) is 2.84. The Kier molecular flexibility index (Phi) is 4.76. The topological polar surface area (TPSA) is 58.2 Å². The average molecular weight is 290 g/mol. The summed E-state index contributed by atoms with van der Waals surface area (Å²) in [6, 6.07) is 16.8. The Morgan fingerprint density at radius 2 is 1.60 bits per heavy atom. The molecule has 0 fully saturated rings. The van der Waals surface area contributed by atoms with E-state index in [-0.39, 0.29) is 4.90 Å². The van der Waals surface area contributed by atoms with Crippen LogP contribution in [0.15, 0.2) is 59.5 Å². The van der Waals surface area contributed by atoms with Gasteiger partial charge in [0.2, 0.25) is 10.0 Å². The Hall–Kier alpha value is -1.85. The zero-order chi connectivity index (χ0) is 14.4. The number of sulfonamides is 1. The zero-order valence-electron chi connectivity index (χ0n) is 11.3. The second-order valence-corrected chi connectivity index (χ2v) is 6.13. The molecule has 0 saturated carbocycles. The van der Waals surface area contributed by atoms with Gasteiger partial charge in [-0.25, -0.2) is 13.1 Å². The van der Waals surface area contributed by atoms with E-state index in [1.54, 1.807) is 31.2 Å². The molecule has 0 saturated heterocycles. The van der Waals surface area contributed by atoms with Crippen molar-refractivity contribution in [2.45, 2.75) is 18.4 Å². The van der Waals surface area contributed by atoms with Gasteiger partial charge in [-0.05, 0) is 29.8 Å². The summed E-state index contributed by atoms with van der Waals surface area (Å²) in [5.74, 6) is 0. The van der Waals surface area contributed by atoms with Crippen LogP contribution in [0.4, 0.5) is 5.69 Å². The molecule has 0 atom stereocenters. The van der Waals surface area contributed by atoms with E-state index >= 15 is 0 Å². The maximum atomic E-state index is 11.8. The largest absolute Gasteiger partial charge is 0.381 e. The van der Waals surface area contributed by atoms with Gasteiger partial charge in [-0.1, -0.05) is 37.3 Å². The minimum Gasteiger partial charge on any atom is -0.381 e. The van der Waals surface area contributed by atoms with Crippen molar-refractivity contribution in [3.05, 3.63) is 60.2 Å². The van der Waals surface area contributed by atoms with E-state index < -0.39 is 10.0 Å². The molecule has 5 heteroatoms. The summed E-state index contributed by atoms with van der Waals surface area (Å²) in [7, 11) is -3.37. The SMILES string of the molecule is CCNS(=O)(=O)c1ccc(NCc2ccccc2)cc1. The van der Waals surface area contributed by atoms with E-state index in [0.29, 0.717) is 13.1 Å². The van der Waals surface area contributed by atoms with Gasteiger partial charge in [0.05, 0.1) is 4.90 Å². The number of rotatable bonds is 6. The highest BCUT2D eigenvalue weighted by atomic mass is 32.2. The minimum absolute atomic E-state index is 0.282. The smallest absolute Gasteiger partial charge is 0.240 e. The highest BCUT2D eigenvalue weighted by molar-refractivity contribution is 7.89. The van der Waals surface area contributed by atoms with Gasteiger partial charge in [-0.15, -0.1) is 0 Å². The van der Waals surface area contributed by atoms with E-state index in [1.807, 2.05) is 30.3 Å². The summed E-state index contributed by atoms with van der Waals surface area (Å²) in [6.45, 7) is 2.85. The molecule has 0 unspecified atom stereocenters. The van der Waals surface area contributed by atoms with Crippen molar-refractivity contribution in [2.75, 3.05) is 11.9 Å². The molecular weight excluding hydrogens is 272 g/mol. The van der Waals surface area contributed by atoms with Gasteiger partial charge < -0.3 is 5.32 Å². The molecule has 106 valence electrons. The van der Waals surface area contributed by atoms with Crippen molar-refractivity contribution in [3.63, 3.8) is 0 Å². The van der Waals surface area contributed by atoms with E-state index in [0.717, 1.165) is 5.69 Å². The molecule has 2 aromatic rings.